The number of rotatable bonds is 6. The number of aryl methyl sites for hydroxylation is 1. The van der Waals surface area contributed by atoms with Gasteiger partial charge in [0.15, 0.2) is 5.11 Å². The summed E-state index contributed by atoms with van der Waals surface area (Å²) in [5.74, 6) is 0. The number of nitrogens with one attached hydrogen (secondary N) is 3. The van der Waals surface area contributed by atoms with Gasteiger partial charge in [0.25, 0.3) is 0 Å². The fraction of sp³-hybridized carbons (Fsp3) is 0.350. The maximum atomic E-state index is 5.48. The second-order valence-electron chi connectivity index (χ2n) is 6.55. The molecule has 3 nitrogen and oxygen atoms in total. The third-order valence-corrected chi connectivity index (χ3v) is 4.75. The topological polar surface area (TPSA) is 28.5 Å². The van der Waals surface area contributed by atoms with Crippen LogP contribution in [-0.2, 0) is 6.42 Å². The molecule has 2 rings (SSSR count). The molecule has 0 bridgehead atoms. The van der Waals surface area contributed by atoms with Gasteiger partial charge in [-0.3, -0.25) is 0 Å². The standard InChI is InChI=1S/C20H27N3S/c1-15-9-8-12-19(16(15)2)22-20(24)21-14-18(23(3)4)13-17-10-6-5-7-11-17/h5-12,18H,13-14H2,1-4H3,(H2,21,22,24)/p+1/t18-/m0/s1. The molecule has 1 atom stereocenters. The summed E-state index contributed by atoms with van der Waals surface area (Å²) >= 11 is 5.48. The van der Waals surface area contributed by atoms with Gasteiger partial charge in [-0.1, -0.05) is 42.5 Å². The maximum Gasteiger partial charge on any atom is 0.171 e. The molecule has 2 aromatic carbocycles. The van der Waals surface area contributed by atoms with E-state index in [1.165, 1.54) is 21.6 Å². The van der Waals surface area contributed by atoms with Crippen LogP contribution in [0.5, 0.6) is 0 Å². The van der Waals surface area contributed by atoms with Gasteiger partial charge in [0.05, 0.1) is 20.6 Å². The van der Waals surface area contributed by atoms with Gasteiger partial charge >= 0.3 is 0 Å². The molecule has 128 valence electrons. The van der Waals surface area contributed by atoms with Crippen LogP contribution >= 0.6 is 12.2 Å². The van der Waals surface area contributed by atoms with Crippen molar-refractivity contribution in [2.75, 3.05) is 26.0 Å². The lowest BCUT2D eigenvalue weighted by Gasteiger charge is -2.23. The van der Waals surface area contributed by atoms with Crippen LogP contribution in [0.4, 0.5) is 5.69 Å². The molecule has 0 heterocycles. The molecule has 0 aliphatic carbocycles. The lowest BCUT2D eigenvalue weighted by molar-refractivity contribution is -0.884. The Labute approximate surface area is 151 Å². The minimum atomic E-state index is 0.464. The molecular formula is C20H28N3S+. The van der Waals surface area contributed by atoms with E-state index in [-0.39, 0.29) is 0 Å². The Morgan fingerprint density at radius 3 is 2.42 bits per heavy atom. The minimum absolute atomic E-state index is 0.464. The molecule has 0 saturated heterocycles. The molecule has 0 spiro atoms. The first-order valence-corrected chi connectivity index (χ1v) is 8.83. The molecule has 0 fully saturated rings. The lowest BCUT2D eigenvalue weighted by Crippen LogP contribution is -3.11. The quantitative estimate of drug-likeness (QED) is 0.704. The van der Waals surface area contributed by atoms with Crippen LogP contribution in [0.3, 0.4) is 0 Å². The van der Waals surface area contributed by atoms with E-state index in [1.54, 1.807) is 0 Å². The molecule has 0 aromatic heterocycles. The molecular weight excluding hydrogens is 314 g/mol. The van der Waals surface area contributed by atoms with Gasteiger partial charge in [-0.2, -0.15) is 0 Å². The van der Waals surface area contributed by atoms with E-state index in [4.69, 9.17) is 12.2 Å². The van der Waals surface area contributed by atoms with Gasteiger partial charge < -0.3 is 15.5 Å². The summed E-state index contributed by atoms with van der Waals surface area (Å²) in [7, 11) is 4.38. The number of quaternary nitrogens is 1. The number of benzene rings is 2. The summed E-state index contributed by atoms with van der Waals surface area (Å²) in [6.07, 6.45) is 1.03. The van der Waals surface area contributed by atoms with Gasteiger partial charge in [0, 0.05) is 12.1 Å². The van der Waals surface area contributed by atoms with Gasteiger partial charge in [0.2, 0.25) is 0 Å². The summed E-state index contributed by atoms with van der Waals surface area (Å²) in [6, 6.07) is 17.3. The Morgan fingerprint density at radius 2 is 1.75 bits per heavy atom. The minimum Gasteiger partial charge on any atom is -0.356 e. The van der Waals surface area contributed by atoms with E-state index in [0.29, 0.717) is 11.2 Å². The van der Waals surface area contributed by atoms with E-state index in [0.717, 1.165) is 18.7 Å². The highest BCUT2D eigenvalue weighted by Gasteiger charge is 2.16. The molecule has 0 aliphatic rings. The average molecular weight is 343 g/mol. The largest absolute Gasteiger partial charge is 0.356 e. The van der Waals surface area contributed by atoms with Crippen molar-refractivity contribution in [3.8, 4) is 0 Å². The van der Waals surface area contributed by atoms with E-state index in [2.05, 4.69) is 87.1 Å². The van der Waals surface area contributed by atoms with Crippen molar-refractivity contribution < 1.29 is 4.90 Å². The second-order valence-corrected chi connectivity index (χ2v) is 6.95. The zero-order valence-corrected chi connectivity index (χ0v) is 15.8. The SMILES string of the molecule is Cc1cccc(NC(=S)NC[C@H](Cc2ccccc2)[NH+](C)C)c1C. The number of thiocarbonyl (C=S) groups is 1. The highest BCUT2D eigenvalue weighted by molar-refractivity contribution is 7.80. The highest BCUT2D eigenvalue weighted by atomic mass is 32.1. The summed E-state index contributed by atoms with van der Waals surface area (Å²) in [6.45, 7) is 5.07. The first kappa shape index (κ1) is 18.4. The molecule has 0 unspecified atom stereocenters. The Hall–Kier alpha value is -1.91. The van der Waals surface area contributed by atoms with Gasteiger partial charge in [-0.05, 0) is 48.8 Å². The third-order valence-electron chi connectivity index (χ3n) is 4.50. The van der Waals surface area contributed by atoms with Crippen molar-refractivity contribution in [2.24, 2.45) is 0 Å². The van der Waals surface area contributed by atoms with E-state index in [9.17, 15) is 0 Å². The molecule has 4 heteroatoms. The van der Waals surface area contributed by atoms with E-state index < -0.39 is 0 Å². The number of likely N-dealkylation sites (N-methyl/N-ethyl adjacent to an activating group) is 1. The maximum absolute atomic E-state index is 5.48. The molecule has 0 amide bonds. The van der Waals surface area contributed by atoms with Crippen molar-refractivity contribution in [1.29, 1.82) is 0 Å². The average Bonchev–Trinajstić information content (AvgIpc) is 2.56. The number of anilines is 1. The third kappa shape index (κ3) is 5.32. The van der Waals surface area contributed by atoms with Crippen LogP contribution in [0.25, 0.3) is 0 Å². The van der Waals surface area contributed by atoms with Gasteiger partial charge in [-0.15, -0.1) is 0 Å². The number of hydrogen-bond acceptors (Lipinski definition) is 1. The van der Waals surface area contributed by atoms with Crippen molar-refractivity contribution in [1.82, 2.24) is 5.32 Å². The normalized spacial score (nSPS) is 12.0. The predicted molar refractivity (Wildman–Crippen MR) is 107 cm³/mol. The summed E-state index contributed by atoms with van der Waals surface area (Å²) in [5, 5.41) is 7.38. The Bertz CT molecular complexity index is 668. The Balaban J connectivity index is 1.91. The van der Waals surface area contributed by atoms with Crippen molar-refractivity contribution in [2.45, 2.75) is 26.3 Å². The van der Waals surface area contributed by atoms with Crippen LogP contribution < -0.4 is 15.5 Å². The summed E-state index contributed by atoms with van der Waals surface area (Å²) in [5.41, 5.74) is 4.94. The fourth-order valence-corrected chi connectivity index (χ4v) is 2.84. The molecule has 0 aliphatic heterocycles. The predicted octanol–water partition coefficient (Wildman–Crippen LogP) is 2.35. The summed E-state index contributed by atoms with van der Waals surface area (Å²) < 4.78 is 0. The van der Waals surface area contributed by atoms with Crippen LogP contribution in [-0.4, -0.2) is 31.8 Å². The van der Waals surface area contributed by atoms with Crippen molar-refractivity contribution in [3.05, 3.63) is 65.2 Å². The molecule has 24 heavy (non-hydrogen) atoms. The fourth-order valence-electron chi connectivity index (χ4n) is 2.65. The van der Waals surface area contributed by atoms with Crippen molar-refractivity contribution in [3.63, 3.8) is 0 Å². The van der Waals surface area contributed by atoms with Gasteiger partial charge in [-0.25, -0.2) is 0 Å². The van der Waals surface area contributed by atoms with Crippen LogP contribution in [0.2, 0.25) is 0 Å². The molecule has 0 saturated carbocycles. The first-order valence-electron chi connectivity index (χ1n) is 8.42. The lowest BCUT2D eigenvalue weighted by atomic mass is 10.1. The van der Waals surface area contributed by atoms with Crippen molar-refractivity contribution >= 4 is 23.0 Å². The Morgan fingerprint density at radius 1 is 1.04 bits per heavy atom. The summed E-state index contributed by atoms with van der Waals surface area (Å²) in [4.78, 5) is 1.42. The van der Waals surface area contributed by atoms with Gasteiger partial charge in [0.1, 0.15) is 6.04 Å². The highest BCUT2D eigenvalue weighted by Crippen LogP contribution is 2.17. The second kappa shape index (κ2) is 8.81. The molecule has 0 radical (unpaired) electrons. The van der Waals surface area contributed by atoms with E-state index in [1.807, 2.05) is 0 Å². The van der Waals surface area contributed by atoms with E-state index >= 15 is 0 Å². The smallest absolute Gasteiger partial charge is 0.171 e. The first-order chi connectivity index (χ1) is 11.5. The van der Waals surface area contributed by atoms with Crippen LogP contribution in [0.1, 0.15) is 16.7 Å². The molecule has 2 aromatic rings. The van der Waals surface area contributed by atoms with Crippen LogP contribution in [0, 0.1) is 13.8 Å². The Kier molecular flexibility index (Phi) is 6.76. The number of hydrogen-bond donors (Lipinski definition) is 3. The zero-order valence-electron chi connectivity index (χ0n) is 15.0. The molecule has 3 N–H and O–H groups in total. The van der Waals surface area contributed by atoms with Crippen LogP contribution in [0.15, 0.2) is 48.5 Å². The zero-order chi connectivity index (χ0) is 17.5. The monoisotopic (exact) mass is 342 g/mol.